The van der Waals surface area contributed by atoms with E-state index >= 15 is 0 Å². The molecular formula is C12H16N2O3. The molecule has 0 bridgehead atoms. The Hall–Kier alpha value is -1.62. The summed E-state index contributed by atoms with van der Waals surface area (Å²) in [4.78, 5) is 10.5. The number of hydrogen-bond donors (Lipinski definition) is 1. The Balaban J connectivity index is 2.09. The van der Waals surface area contributed by atoms with Crippen LogP contribution in [0.4, 0.5) is 11.4 Å². The summed E-state index contributed by atoms with van der Waals surface area (Å²) in [6.07, 6.45) is 1.01. The molecule has 0 amide bonds. The molecule has 1 heterocycles. The normalized spacial score (nSPS) is 21.1. The van der Waals surface area contributed by atoms with Crippen LogP contribution in [-0.4, -0.2) is 24.2 Å². The molecule has 0 saturated carbocycles. The number of para-hydroxylation sites is 2. The van der Waals surface area contributed by atoms with Crippen molar-refractivity contribution in [1.82, 2.24) is 0 Å². The van der Waals surface area contributed by atoms with Gasteiger partial charge in [0.1, 0.15) is 5.69 Å². The van der Waals surface area contributed by atoms with E-state index in [1.807, 2.05) is 6.92 Å². The molecule has 1 aromatic rings. The maximum absolute atomic E-state index is 10.9. The second-order valence-corrected chi connectivity index (χ2v) is 4.33. The molecule has 2 atom stereocenters. The van der Waals surface area contributed by atoms with Crippen molar-refractivity contribution in [1.29, 1.82) is 0 Å². The highest BCUT2D eigenvalue weighted by atomic mass is 16.6. The summed E-state index contributed by atoms with van der Waals surface area (Å²) >= 11 is 0. The van der Waals surface area contributed by atoms with Gasteiger partial charge >= 0.3 is 0 Å². The highest BCUT2D eigenvalue weighted by Crippen LogP contribution is 2.26. The van der Waals surface area contributed by atoms with Crippen molar-refractivity contribution in [2.45, 2.75) is 19.4 Å². The van der Waals surface area contributed by atoms with Gasteiger partial charge in [-0.1, -0.05) is 12.1 Å². The van der Waals surface area contributed by atoms with E-state index in [1.165, 1.54) is 6.07 Å². The molecule has 0 spiro atoms. The van der Waals surface area contributed by atoms with E-state index in [0.717, 1.165) is 19.6 Å². The van der Waals surface area contributed by atoms with Gasteiger partial charge in [0.25, 0.3) is 5.69 Å². The van der Waals surface area contributed by atoms with Crippen LogP contribution in [0.1, 0.15) is 13.3 Å². The molecule has 0 radical (unpaired) electrons. The van der Waals surface area contributed by atoms with E-state index in [9.17, 15) is 10.1 Å². The summed E-state index contributed by atoms with van der Waals surface area (Å²) in [7, 11) is 0. The van der Waals surface area contributed by atoms with Crippen LogP contribution in [0.25, 0.3) is 0 Å². The first-order valence-corrected chi connectivity index (χ1v) is 5.76. The Morgan fingerprint density at radius 1 is 1.53 bits per heavy atom. The van der Waals surface area contributed by atoms with Gasteiger partial charge in [-0.25, -0.2) is 0 Å². The summed E-state index contributed by atoms with van der Waals surface area (Å²) in [5, 5.41) is 14.1. The maximum atomic E-state index is 10.9. The number of rotatable bonds is 4. The Morgan fingerprint density at radius 3 is 2.94 bits per heavy atom. The summed E-state index contributed by atoms with van der Waals surface area (Å²) in [5.41, 5.74) is 0.704. The van der Waals surface area contributed by atoms with Crippen molar-refractivity contribution in [3.63, 3.8) is 0 Å². The standard InChI is InChI=1S/C12H16N2O3/c1-9(10-6-7-17-8-10)13-11-4-2-3-5-12(11)14(15)16/h2-5,9-10,13H,6-8H2,1H3. The van der Waals surface area contributed by atoms with Crippen molar-refractivity contribution in [2.75, 3.05) is 18.5 Å². The van der Waals surface area contributed by atoms with Crippen LogP contribution in [0.3, 0.4) is 0 Å². The van der Waals surface area contributed by atoms with E-state index in [0.29, 0.717) is 11.6 Å². The van der Waals surface area contributed by atoms with Gasteiger partial charge in [-0.2, -0.15) is 0 Å². The van der Waals surface area contributed by atoms with Gasteiger partial charge in [-0.05, 0) is 19.4 Å². The number of nitrogens with one attached hydrogen (secondary N) is 1. The predicted octanol–water partition coefficient (Wildman–Crippen LogP) is 2.43. The zero-order valence-electron chi connectivity index (χ0n) is 9.76. The molecule has 17 heavy (non-hydrogen) atoms. The molecule has 92 valence electrons. The number of nitro groups is 1. The van der Waals surface area contributed by atoms with Gasteiger partial charge in [0.2, 0.25) is 0 Å². The second-order valence-electron chi connectivity index (χ2n) is 4.33. The molecule has 2 rings (SSSR count). The topological polar surface area (TPSA) is 64.4 Å². The van der Waals surface area contributed by atoms with Crippen molar-refractivity contribution >= 4 is 11.4 Å². The van der Waals surface area contributed by atoms with E-state index in [2.05, 4.69) is 5.32 Å². The third-order valence-corrected chi connectivity index (χ3v) is 3.16. The molecule has 1 saturated heterocycles. The first-order valence-electron chi connectivity index (χ1n) is 5.76. The minimum atomic E-state index is -0.361. The van der Waals surface area contributed by atoms with Crippen LogP contribution in [0.2, 0.25) is 0 Å². The smallest absolute Gasteiger partial charge is 0.292 e. The molecule has 0 aliphatic carbocycles. The van der Waals surface area contributed by atoms with Gasteiger partial charge < -0.3 is 10.1 Å². The highest BCUT2D eigenvalue weighted by molar-refractivity contribution is 5.61. The average molecular weight is 236 g/mol. The third-order valence-electron chi connectivity index (χ3n) is 3.16. The average Bonchev–Trinajstić information content (AvgIpc) is 2.83. The fourth-order valence-corrected chi connectivity index (χ4v) is 2.07. The number of anilines is 1. The molecule has 5 heteroatoms. The Bertz CT molecular complexity index is 402. The van der Waals surface area contributed by atoms with Crippen molar-refractivity contribution < 1.29 is 9.66 Å². The molecule has 0 aromatic heterocycles. The van der Waals surface area contributed by atoms with Gasteiger partial charge in [-0.3, -0.25) is 10.1 Å². The first kappa shape index (κ1) is 11.9. The Labute approximate surface area is 99.9 Å². The molecule has 1 aliphatic heterocycles. The summed E-state index contributed by atoms with van der Waals surface area (Å²) < 4.78 is 5.32. The van der Waals surface area contributed by atoms with Crippen molar-refractivity contribution in [3.8, 4) is 0 Å². The lowest BCUT2D eigenvalue weighted by Gasteiger charge is -2.20. The van der Waals surface area contributed by atoms with E-state index in [4.69, 9.17) is 4.74 Å². The van der Waals surface area contributed by atoms with E-state index < -0.39 is 0 Å². The SMILES string of the molecule is CC(Nc1ccccc1[N+](=O)[O-])C1CCOC1. The van der Waals surface area contributed by atoms with Crippen LogP contribution in [0, 0.1) is 16.0 Å². The van der Waals surface area contributed by atoms with E-state index in [1.54, 1.807) is 18.2 Å². The quantitative estimate of drug-likeness (QED) is 0.644. The van der Waals surface area contributed by atoms with Crippen LogP contribution in [0.15, 0.2) is 24.3 Å². The predicted molar refractivity (Wildman–Crippen MR) is 65.1 cm³/mol. The maximum Gasteiger partial charge on any atom is 0.292 e. The van der Waals surface area contributed by atoms with Crippen LogP contribution in [-0.2, 0) is 4.74 Å². The minimum absolute atomic E-state index is 0.123. The minimum Gasteiger partial charge on any atom is -0.381 e. The Morgan fingerprint density at radius 2 is 2.29 bits per heavy atom. The fraction of sp³-hybridized carbons (Fsp3) is 0.500. The van der Waals surface area contributed by atoms with Crippen molar-refractivity contribution in [2.24, 2.45) is 5.92 Å². The fourth-order valence-electron chi connectivity index (χ4n) is 2.07. The molecule has 5 nitrogen and oxygen atoms in total. The lowest BCUT2D eigenvalue weighted by molar-refractivity contribution is -0.384. The number of benzene rings is 1. The van der Waals surface area contributed by atoms with E-state index in [-0.39, 0.29) is 16.7 Å². The van der Waals surface area contributed by atoms with Crippen molar-refractivity contribution in [3.05, 3.63) is 34.4 Å². The zero-order chi connectivity index (χ0) is 12.3. The molecule has 1 N–H and O–H groups in total. The molecule has 1 aromatic carbocycles. The van der Waals surface area contributed by atoms with Gasteiger partial charge in [-0.15, -0.1) is 0 Å². The number of nitrogens with zero attached hydrogens (tertiary/aromatic N) is 1. The highest BCUT2D eigenvalue weighted by Gasteiger charge is 2.24. The summed E-state index contributed by atoms with van der Waals surface area (Å²) in [5.74, 6) is 0.426. The number of hydrogen-bond acceptors (Lipinski definition) is 4. The zero-order valence-corrected chi connectivity index (χ0v) is 9.76. The summed E-state index contributed by atoms with van der Waals surface area (Å²) in [6, 6.07) is 6.91. The second kappa shape index (κ2) is 5.14. The third kappa shape index (κ3) is 2.74. The molecular weight excluding hydrogens is 220 g/mol. The monoisotopic (exact) mass is 236 g/mol. The lowest BCUT2D eigenvalue weighted by atomic mass is 10.0. The molecule has 1 fully saturated rings. The molecule has 1 aliphatic rings. The van der Waals surface area contributed by atoms with Crippen LogP contribution < -0.4 is 5.32 Å². The van der Waals surface area contributed by atoms with Gasteiger partial charge in [0, 0.05) is 24.6 Å². The molecule has 2 unspecified atom stereocenters. The van der Waals surface area contributed by atoms with Crippen LogP contribution >= 0.6 is 0 Å². The number of nitro benzene ring substituents is 1. The largest absolute Gasteiger partial charge is 0.381 e. The number of ether oxygens (including phenoxy) is 1. The van der Waals surface area contributed by atoms with Gasteiger partial charge in [0.15, 0.2) is 0 Å². The lowest BCUT2D eigenvalue weighted by Crippen LogP contribution is -2.26. The van der Waals surface area contributed by atoms with Crippen LogP contribution in [0.5, 0.6) is 0 Å². The van der Waals surface area contributed by atoms with Gasteiger partial charge in [0.05, 0.1) is 11.5 Å². The summed E-state index contributed by atoms with van der Waals surface area (Å²) in [6.45, 7) is 3.55. The Kier molecular flexibility index (Phi) is 3.58. The first-order chi connectivity index (χ1) is 8.18.